The first-order valence-electron chi connectivity index (χ1n) is 4.61. The van der Waals surface area contributed by atoms with Gasteiger partial charge in [0.25, 0.3) is 0 Å². The fraction of sp³-hybridized carbons (Fsp3) is 0.222. The van der Waals surface area contributed by atoms with Gasteiger partial charge in [-0.25, -0.2) is 8.42 Å². The van der Waals surface area contributed by atoms with Crippen molar-refractivity contribution in [1.29, 1.82) is 5.26 Å². The van der Waals surface area contributed by atoms with Gasteiger partial charge in [-0.2, -0.15) is 9.98 Å². The standard InChI is InChI=1S/C9H9N3O5S/c1-17-9-3-2-7(6-8(9)12(13)14)18(15,16)11-5-4-10/h2-3,6,11H,5H2,1H3. The summed E-state index contributed by atoms with van der Waals surface area (Å²) in [6.45, 7) is -0.415. The van der Waals surface area contributed by atoms with Gasteiger partial charge in [-0.3, -0.25) is 10.1 Å². The molecule has 0 radical (unpaired) electrons. The third-order valence-electron chi connectivity index (χ3n) is 2.00. The summed E-state index contributed by atoms with van der Waals surface area (Å²) in [4.78, 5) is 9.68. The summed E-state index contributed by atoms with van der Waals surface area (Å²) in [5.74, 6) is -0.0424. The van der Waals surface area contributed by atoms with Crippen molar-refractivity contribution in [3.05, 3.63) is 28.3 Å². The third-order valence-corrected chi connectivity index (χ3v) is 3.40. The molecule has 0 heterocycles. The molecule has 0 bridgehead atoms. The minimum Gasteiger partial charge on any atom is -0.490 e. The van der Waals surface area contributed by atoms with Crippen LogP contribution in [0.3, 0.4) is 0 Å². The molecule has 0 atom stereocenters. The van der Waals surface area contributed by atoms with Gasteiger partial charge in [0.15, 0.2) is 5.75 Å². The lowest BCUT2D eigenvalue weighted by Crippen LogP contribution is -2.23. The molecule has 1 N–H and O–H groups in total. The second-order valence-corrected chi connectivity index (χ2v) is 4.84. The predicted molar refractivity (Wildman–Crippen MR) is 60.4 cm³/mol. The molecule has 96 valence electrons. The lowest BCUT2D eigenvalue weighted by molar-refractivity contribution is -0.386. The van der Waals surface area contributed by atoms with Crippen LogP contribution < -0.4 is 9.46 Å². The van der Waals surface area contributed by atoms with E-state index in [-0.39, 0.29) is 10.6 Å². The lowest BCUT2D eigenvalue weighted by atomic mass is 10.3. The Bertz CT molecular complexity index is 605. The molecule has 0 saturated carbocycles. The van der Waals surface area contributed by atoms with Crippen LogP contribution in [0.15, 0.2) is 23.1 Å². The van der Waals surface area contributed by atoms with Crippen molar-refractivity contribution in [2.45, 2.75) is 4.90 Å². The molecule has 0 fully saturated rings. The molecule has 1 rings (SSSR count). The Hall–Kier alpha value is -2.18. The van der Waals surface area contributed by atoms with E-state index in [1.165, 1.54) is 13.2 Å². The van der Waals surface area contributed by atoms with E-state index in [1.54, 1.807) is 6.07 Å². The molecule has 0 aromatic heterocycles. The SMILES string of the molecule is COc1ccc(S(=O)(=O)NCC#N)cc1[N+](=O)[O-]. The van der Waals surface area contributed by atoms with Gasteiger partial charge in [0.05, 0.1) is 29.5 Å². The van der Waals surface area contributed by atoms with Crippen LogP contribution in [0, 0.1) is 21.4 Å². The fourth-order valence-electron chi connectivity index (χ4n) is 1.19. The summed E-state index contributed by atoms with van der Waals surface area (Å²) in [6, 6.07) is 4.82. The van der Waals surface area contributed by atoms with Crippen LogP contribution in [0.2, 0.25) is 0 Å². The van der Waals surface area contributed by atoms with Crippen molar-refractivity contribution in [2.24, 2.45) is 0 Å². The van der Waals surface area contributed by atoms with Gasteiger partial charge >= 0.3 is 5.69 Å². The van der Waals surface area contributed by atoms with E-state index in [2.05, 4.69) is 0 Å². The van der Waals surface area contributed by atoms with Gasteiger partial charge < -0.3 is 4.74 Å². The molecule has 0 unspecified atom stereocenters. The van der Waals surface area contributed by atoms with Crippen molar-refractivity contribution in [2.75, 3.05) is 13.7 Å². The monoisotopic (exact) mass is 271 g/mol. The number of rotatable bonds is 5. The zero-order valence-electron chi connectivity index (χ0n) is 9.28. The van der Waals surface area contributed by atoms with E-state index in [0.717, 1.165) is 12.1 Å². The molecule has 18 heavy (non-hydrogen) atoms. The number of hydrogen-bond acceptors (Lipinski definition) is 6. The Labute approximate surface area is 103 Å². The van der Waals surface area contributed by atoms with Crippen LogP contribution >= 0.6 is 0 Å². The Kier molecular flexibility index (Phi) is 4.19. The number of nitrogens with one attached hydrogen (secondary N) is 1. The topological polar surface area (TPSA) is 122 Å². The van der Waals surface area contributed by atoms with Crippen molar-refractivity contribution in [3.63, 3.8) is 0 Å². The number of hydrogen-bond donors (Lipinski definition) is 1. The van der Waals surface area contributed by atoms with Crippen LogP contribution in [0.5, 0.6) is 5.75 Å². The van der Waals surface area contributed by atoms with Gasteiger partial charge in [-0.15, -0.1) is 0 Å². The predicted octanol–water partition coefficient (Wildman–Crippen LogP) is 0.405. The van der Waals surface area contributed by atoms with Crippen molar-refractivity contribution in [3.8, 4) is 11.8 Å². The average Bonchev–Trinajstić information content (AvgIpc) is 2.35. The van der Waals surface area contributed by atoms with E-state index >= 15 is 0 Å². The molecule has 1 aromatic carbocycles. The number of ether oxygens (including phenoxy) is 1. The zero-order chi connectivity index (χ0) is 13.8. The van der Waals surface area contributed by atoms with E-state index in [1.807, 2.05) is 4.72 Å². The quantitative estimate of drug-likeness (QED) is 0.470. The second-order valence-electron chi connectivity index (χ2n) is 3.07. The highest BCUT2D eigenvalue weighted by Crippen LogP contribution is 2.29. The number of methoxy groups -OCH3 is 1. The summed E-state index contributed by atoms with van der Waals surface area (Å²) >= 11 is 0. The Morgan fingerprint density at radius 1 is 1.56 bits per heavy atom. The van der Waals surface area contributed by atoms with E-state index in [0.29, 0.717) is 0 Å². The normalized spacial score (nSPS) is 10.7. The van der Waals surface area contributed by atoms with Crippen LogP contribution in [-0.2, 0) is 10.0 Å². The first-order valence-corrected chi connectivity index (χ1v) is 6.09. The molecule has 8 nitrogen and oxygen atoms in total. The maximum Gasteiger partial charge on any atom is 0.312 e. The van der Waals surface area contributed by atoms with E-state index < -0.39 is 27.2 Å². The molecule has 0 saturated heterocycles. The Balaban J connectivity index is 3.25. The van der Waals surface area contributed by atoms with Gasteiger partial charge in [-0.1, -0.05) is 0 Å². The molecule has 0 aliphatic rings. The summed E-state index contributed by atoms with van der Waals surface area (Å²) in [6.07, 6.45) is 0. The largest absolute Gasteiger partial charge is 0.490 e. The summed E-state index contributed by atoms with van der Waals surface area (Å²) in [7, 11) is -2.70. The molecular formula is C9H9N3O5S. The number of nitrogens with zero attached hydrogens (tertiary/aromatic N) is 2. The summed E-state index contributed by atoms with van der Waals surface area (Å²) < 4.78 is 30.0. The number of nitriles is 1. The number of benzene rings is 1. The highest BCUT2D eigenvalue weighted by atomic mass is 32.2. The molecule has 0 spiro atoms. The minimum absolute atomic E-state index is 0.0424. The second kappa shape index (κ2) is 5.44. The summed E-state index contributed by atoms with van der Waals surface area (Å²) in [5.41, 5.74) is -0.461. The van der Waals surface area contributed by atoms with Gasteiger partial charge in [0.2, 0.25) is 10.0 Å². The van der Waals surface area contributed by atoms with E-state index in [4.69, 9.17) is 10.00 Å². The Morgan fingerprint density at radius 2 is 2.22 bits per heavy atom. The summed E-state index contributed by atoms with van der Waals surface area (Å²) in [5, 5.41) is 19.0. The number of nitro benzene ring substituents is 1. The van der Waals surface area contributed by atoms with Crippen molar-refractivity contribution >= 4 is 15.7 Å². The lowest BCUT2D eigenvalue weighted by Gasteiger charge is -2.05. The highest BCUT2D eigenvalue weighted by Gasteiger charge is 2.21. The van der Waals surface area contributed by atoms with Crippen LogP contribution in [-0.4, -0.2) is 27.0 Å². The Morgan fingerprint density at radius 3 is 2.72 bits per heavy atom. The molecule has 0 amide bonds. The zero-order valence-corrected chi connectivity index (χ0v) is 10.1. The van der Waals surface area contributed by atoms with Crippen molar-refractivity contribution in [1.82, 2.24) is 4.72 Å². The van der Waals surface area contributed by atoms with Crippen molar-refractivity contribution < 1.29 is 18.1 Å². The molecule has 1 aromatic rings. The van der Waals surface area contributed by atoms with Crippen LogP contribution in [0.25, 0.3) is 0 Å². The number of nitro groups is 1. The van der Waals surface area contributed by atoms with E-state index in [9.17, 15) is 18.5 Å². The average molecular weight is 271 g/mol. The molecular weight excluding hydrogens is 262 g/mol. The molecule has 0 aliphatic carbocycles. The first kappa shape index (κ1) is 13.9. The van der Waals surface area contributed by atoms with Gasteiger partial charge in [-0.05, 0) is 12.1 Å². The van der Waals surface area contributed by atoms with Gasteiger partial charge in [0, 0.05) is 6.07 Å². The maximum absolute atomic E-state index is 11.6. The number of sulfonamides is 1. The first-order chi connectivity index (χ1) is 8.42. The fourth-order valence-corrected chi connectivity index (χ4v) is 2.13. The molecule has 0 aliphatic heterocycles. The van der Waals surface area contributed by atoms with Crippen LogP contribution in [0.1, 0.15) is 0 Å². The van der Waals surface area contributed by atoms with Crippen LogP contribution in [0.4, 0.5) is 5.69 Å². The third kappa shape index (κ3) is 2.93. The maximum atomic E-state index is 11.6. The molecule has 9 heteroatoms. The van der Waals surface area contributed by atoms with Gasteiger partial charge in [0.1, 0.15) is 0 Å². The minimum atomic E-state index is -3.94. The highest BCUT2D eigenvalue weighted by molar-refractivity contribution is 7.89. The smallest absolute Gasteiger partial charge is 0.312 e.